The summed E-state index contributed by atoms with van der Waals surface area (Å²) in [6.07, 6.45) is 9.43. The molecule has 9 nitrogen and oxygen atoms in total. The maximum Gasteiger partial charge on any atom is 0.278 e. The van der Waals surface area contributed by atoms with E-state index in [1.165, 1.54) is 31.3 Å². The van der Waals surface area contributed by atoms with Gasteiger partial charge in [0.15, 0.2) is 0 Å². The number of benzene rings is 1. The first kappa shape index (κ1) is 35.2. The van der Waals surface area contributed by atoms with Gasteiger partial charge in [-0.1, -0.05) is 37.5 Å². The number of piperazine rings is 1. The maximum absolute atomic E-state index is 16.1. The maximum atomic E-state index is 16.1. The van der Waals surface area contributed by atoms with Crippen LogP contribution >= 0.6 is 0 Å². The summed E-state index contributed by atoms with van der Waals surface area (Å²) in [6.45, 7) is 9.96. The second-order valence-electron chi connectivity index (χ2n) is 15.1. The number of piperidine rings is 2. The molecule has 3 aromatic rings. The molecule has 1 N–H and O–H groups in total. The molecule has 0 radical (unpaired) electrons. The van der Waals surface area contributed by atoms with E-state index in [0.717, 1.165) is 77.9 Å². The molecule has 1 atom stereocenters. The molecule has 12 heteroatoms. The molecule has 50 heavy (non-hydrogen) atoms. The third-order valence-corrected chi connectivity index (χ3v) is 11.9. The molecule has 8 bridgehead atoms. The molecule has 272 valence electrons. The molecule has 1 aromatic carbocycles. The molecule has 3 saturated heterocycles. The number of nitrogens with zero attached hydrogens (tertiary/aromatic N) is 7. The SMILES string of the molecule is C[C@H]1Nc2ncnc3c2cc(N2CCN(C4CCN(C)CC4)CC2)c(=O)n3CCCCCCCN2CCC(CC2)C(F)(F)c2cccc1c2F. The lowest BCUT2D eigenvalue weighted by Gasteiger charge is -2.42. The highest BCUT2D eigenvalue weighted by Gasteiger charge is 2.45. The number of aromatic nitrogens is 3. The lowest BCUT2D eigenvalue weighted by Crippen LogP contribution is -2.53. The van der Waals surface area contributed by atoms with Crippen LogP contribution in [-0.4, -0.2) is 101 Å². The predicted octanol–water partition coefficient (Wildman–Crippen LogP) is 6.09. The summed E-state index contributed by atoms with van der Waals surface area (Å²) in [5.74, 6) is -4.58. The minimum absolute atomic E-state index is 0.0501. The number of rotatable bonds is 2. The Balaban J connectivity index is 1.21. The molecule has 0 unspecified atom stereocenters. The van der Waals surface area contributed by atoms with Crippen LogP contribution < -0.4 is 15.8 Å². The fourth-order valence-electron chi connectivity index (χ4n) is 8.70. The van der Waals surface area contributed by atoms with Crippen LogP contribution in [0.2, 0.25) is 0 Å². The zero-order valence-electron chi connectivity index (χ0n) is 29.7. The van der Waals surface area contributed by atoms with Gasteiger partial charge < -0.3 is 20.0 Å². The molecule has 0 spiro atoms. The lowest BCUT2D eigenvalue weighted by atomic mass is 9.85. The van der Waals surface area contributed by atoms with Crippen molar-refractivity contribution in [3.8, 4) is 0 Å². The minimum atomic E-state index is -3.27. The zero-order chi connectivity index (χ0) is 34.8. The van der Waals surface area contributed by atoms with Crippen molar-refractivity contribution >= 4 is 22.5 Å². The largest absolute Gasteiger partial charge is 0.364 e. The highest BCUT2D eigenvalue weighted by atomic mass is 19.3. The summed E-state index contributed by atoms with van der Waals surface area (Å²) in [6, 6.07) is 6.14. The first-order valence-corrected chi connectivity index (χ1v) is 18.9. The highest BCUT2D eigenvalue weighted by molar-refractivity contribution is 5.89. The molecule has 2 aromatic heterocycles. The summed E-state index contributed by atoms with van der Waals surface area (Å²) in [4.78, 5) is 32.8. The topological polar surface area (TPSA) is 72.8 Å². The fraction of sp³-hybridized carbons (Fsp3) is 0.658. The molecule has 0 aliphatic carbocycles. The number of pyridine rings is 1. The summed E-state index contributed by atoms with van der Waals surface area (Å²) < 4.78 is 49.9. The molecule has 3 fully saturated rings. The Morgan fingerprint density at radius 1 is 0.840 bits per heavy atom. The van der Waals surface area contributed by atoms with Gasteiger partial charge in [-0.25, -0.2) is 23.1 Å². The summed E-state index contributed by atoms with van der Waals surface area (Å²) in [5, 5.41) is 4.00. The standard InChI is InChI=1S/C38H53F3N8O/c1-27-30-9-8-10-32(34(30)39)38(40,41)28-11-19-46(20-12-28)15-6-4-3-5-7-16-49-36-31(35(44-27)42-26-43-36)25-33(37(49)50)48-23-21-47(22-24-48)29-13-17-45(2)18-14-29/h8-10,25-29H,3-7,11-24H2,1-2H3,(H,42,43,44)/t27-/m1/s1. The second kappa shape index (κ2) is 15.2. The number of hydrogen-bond donors (Lipinski definition) is 1. The van der Waals surface area contributed by atoms with Crippen molar-refractivity contribution < 1.29 is 13.2 Å². The summed E-state index contributed by atoms with van der Waals surface area (Å²) >= 11 is 0. The van der Waals surface area contributed by atoms with Gasteiger partial charge in [-0.05, 0) is 91.3 Å². The van der Waals surface area contributed by atoms with Gasteiger partial charge in [-0.15, -0.1) is 0 Å². The Morgan fingerprint density at radius 2 is 1.54 bits per heavy atom. The predicted molar refractivity (Wildman–Crippen MR) is 193 cm³/mol. The molecule has 5 aliphatic heterocycles. The van der Waals surface area contributed by atoms with Gasteiger partial charge in [-0.3, -0.25) is 14.3 Å². The van der Waals surface area contributed by atoms with E-state index in [-0.39, 0.29) is 11.1 Å². The fourth-order valence-corrected chi connectivity index (χ4v) is 8.70. The van der Waals surface area contributed by atoms with Gasteiger partial charge in [0.25, 0.3) is 11.5 Å². The second-order valence-corrected chi connectivity index (χ2v) is 15.1. The molecule has 8 rings (SSSR count). The molecular formula is C38H53F3N8O. The number of nitrogens with one attached hydrogen (secondary N) is 1. The van der Waals surface area contributed by atoms with Crippen molar-refractivity contribution in [2.75, 3.05) is 76.2 Å². The van der Waals surface area contributed by atoms with E-state index in [0.29, 0.717) is 61.1 Å². The van der Waals surface area contributed by atoms with Crippen LogP contribution in [0, 0.1) is 11.7 Å². The minimum Gasteiger partial charge on any atom is -0.364 e. The number of aryl methyl sites for hydroxylation is 1. The Kier molecular flexibility index (Phi) is 10.7. The van der Waals surface area contributed by atoms with Crippen LogP contribution in [0.15, 0.2) is 35.4 Å². The van der Waals surface area contributed by atoms with Gasteiger partial charge in [0, 0.05) is 50.2 Å². The van der Waals surface area contributed by atoms with Crippen LogP contribution in [-0.2, 0) is 12.5 Å². The quantitative estimate of drug-likeness (QED) is 0.346. The smallest absolute Gasteiger partial charge is 0.278 e. The van der Waals surface area contributed by atoms with E-state index in [9.17, 15) is 4.79 Å². The number of likely N-dealkylation sites (tertiary alicyclic amines) is 1. The van der Waals surface area contributed by atoms with Gasteiger partial charge in [0.1, 0.15) is 29.3 Å². The molecular weight excluding hydrogens is 641 g/mol. The van der Waals surface area contributed by atoms with Crippen molar-refractivity contribution in [2.24, 2.45) is 5.92 Å². The first-order valence-electron chi connectivity index (χ1n) is 18.9. The van der Waals surface area contributed by atoms with Gasteiger partial charge in [-0.2, -0.15) is 0 Å². The third-order valence-electron chi connectivity index (χ3n) is 11.9. The zero-order valence-corrected chi connectivity index (χ0v) is 29.7. The van der Waals surface area contributed by atoms with Crippen LogP contribution in [0.25, 0.3) is 11.0 Å². The number of anilines is 2. The average Bonchev–Trinajstić information content (AvgIpc) is 3.12. The Labute approximate surface area is 293 Å². The summed E-state index contributed by atoms with van der Waals surface area (Å²) in [7, 11) is 2.18. The van der Waals surface area contributed by atoms with Crippen molar-refractivity contribution in [3.05, 3.63) is 57.9 Å². The van der Waals surface area contributed by atoms with E-state index in [2.05, 4.69) is 41.9 Å². The van der Waals surface area contributed by atoms with E-state index < -0.39 is 29.3 Å². The number of alkyl halides is 2. The summed E-state index contributed by atoms with van der Waals surface area (Å²) in [5.41, 5.74) is 0.740. The Hall–Kier alpha value is -3.22. The Morgan fingerprint density at radius 3 is 2.28 bits per heavy atom. The van der Waals surface area contributed by atoms with E-state index in [4.69, 9.17) is 0 Å². The van der Waals surface area contributed by atoms with E-state index >= 15 is 13.2 Å². The van der Waals surface area contributed by atoms with Crippen molar-refractivity contribution in [3.63, 3.8) is 0 Å². The van der Waals surface area contributed by atoms with Crippen LogP contribution in [0.4, 0.5) is 24.7 Å². The number of fused-ring (bicyclic) bond motifs is 9. The molecule has 5 aliphatic rings. The van der Waals surface area contributed by atoms with E-state index in [1.54, 1.807) is 17.6 Å². The first-order chi connectivity index (χ1) is 24.2. The normalized spacial score (nSPS) is 26.5. The third kappa shape index (κ3) is 7.25. The van der Waals surface area contributed by atoms with Crippen LogP contribution in [0.3, 0.4) is 0 Å². The number of halogens is 3. The van der Waals surface area contributed by atoms with Crippen LogP contribution in [0.1, 0.15) is 81.9 Å². The van der Waals surface area contributed by atoms with Crippen molar-refractivity contribution in [1.82, 2.24) is 29.2 Å². The average molecular weight is 695 g/mol. The van der Waals surface area contributed by atoms with Gasteiger partial charge in [0.05, 0.1) is 17.0 Å². The monoisotopic (exact) mass is 694 g/mol. The molecule has 0 amide bonds. The molecule has 0 saturated carbocycles. The van der Waals surface area contributed by atoms with Gasteiger partial charge in [0.2, 0.25) is 0 Å². The number of hydrogen-bond acceptors (Lipinski definition) is 8. The van der Waals surface area contributed by atoms with E-state index in [1.807, 2.05) is 6.07 Å². The van der Waals surface area contributed by atoms with Gasteiger partial charge >= 0.3 is 0 Å². The van der Waals surface area contributed by atoms with Crippen LogP contribution in [0.5, 0.6) is 0 Å². The van der Waals surface area contributed by atoms with Crippen molar-refractivity contribution in [1.29, 1.82) is 0 Å². The van der Waals surface area contributed by atoms with Crippen molar-refractivity contribution in [2.45, 2.75) is 89.3 Å². The highest BCUT2D eigenvalue weighted by Crippen LogP contribution is 2.44. The molecule has 7 heterocycles. The Bertz CT molecular complexity index is 1680. The lowest BCUT2D eigenvalue weighted by molar-refractivity contribution is -0.0880.